The lowest BCUT2D eigenvalue weighted by Gasteiger charge is -2.16. The van der Waals surface area contributed by atoms with Crippen LogP contribution < -0.4 is 9.47 Å². The Morgan fingerprint density at radius 3 is 1.95 bits per heavy atom. The minimum absolute atomic E-state index is 0.0743. The molecule has 3 heteroatoms. The number of ether oxygens (including phenoxy) is 3. The van der Waals surface area contributed by atoms with Gasteiger partial charge >= 0.3 is 0 Å². The van der Waals surface area contributed by atoms with Crippen LogP contribution in [-0.2, 0) is 4.74 Å². The molecule has 0 aliphatic heterocycles. The van der Waals surface area contributed by atoms with Crippen molar-refractivity contribution >= 4 is 0 Å². The van der Waals surface area contributed by atoms with Crippen molar-refractivity contribution in [1.29, 1.82) is 0 Å². The fourth-order valence-corrected chi connectivity index (χ4v) is 1.95. The summed E-state index contributed by atoms with van der Waals surface area (Å²) in [4.78, 5) is 0. The van der Waals surface area contributed by atoms with Crippen LogP contribution in [0.1, 0.15) is 20.8 Å². The standard InChI is InChI=1S/C18H22O3/c1-14(2)20-15(3)13-19-16-9-11-18(12-10-16)21-17-7-5-4-6-8-17/h4-12,14-15H,13H2,1-3H3. The molecule has 21 heavy (non-hydrogen) atoms. The van der Waals surface area contributed by atoms with E-state index in [9.17, 15) is 0 Å². The lowest BCUT2D eigenvalue weighted by Crippen LogP contribution is -2.21. The minimum atomic E-state index is 0.0743. The van der Waals surface area contributed by atoms with Gasteiger partial charge in [-0.15, -0.1) is 0 Å². The highest BCUT2D eigenvalue weighted by Gasteiger charge is 2.06. The number of para-hydroxylation sites is 1. The topological polar surface area (TPSA) is 27.7 Å². The second-order valence-corrected chi connectivity index (χ2v) is 5.19. The Morgan fingerprint density at radius 2 is 1.33 bits per heavy atom. The minimum Gasteiger partial charge on any atom is -0.491 e. The van der Waals surface area contributed by atoms with E-state index in [1.165, 1.54) is 0 Å². The molecule has 0 spiro atoms. The van der Waals surface area contributed by atoms with Gasteiger partial charge in [0.15, 0.2) is 0 Å². The summed E-state index contributed by atoms with van der Waals surface area (Å²) in [7, 11) is 0. The molecule has 0 heterocycles. The highest BCUT2D eigenvalue weighted by Crippen LogP contribution is 2.23. The summed E-state index contributed by atoms with van der Waals surface area (Å²) in [6, 6.07) is 17.3. The summed E-state index contributed by atoms with van der Waals surface area (Å²) in [5.41, 5.74) is 0. The maximum absolute atomic E-state index is 5.73. The lowest BCUT2D eigenvalue weighted by atomic mass is 10.3. The molecule has 0 saturated carbocycles. The third-order valence-electron chi connectivity index (χ3n) is 2.79. The van der Waals surface area contributed by atoms with Crippen LogP contribution in [0.2, 0.25) is 0 Å². The molecule has 2 aromatic rings. The summed E-state index contributed by atoms with van der Waals surface area (Å²) in [6.45, 7) is 6.59. The predicted molar refractivity (Wildman–Crippen MR) is 84.1 cm³/mol. The summed E-state index contributed by atoms with van der Waals surface area (Å²) in [5, 5.41) is 0. The van der Waals surface area contributed by atoms with E-state index in [1.54, 1.807) is 0 Å². The number of hydrogen-bond acceptors (Lipinski definition) is 3. The highest BCUT2D eigenvalue weighted by molar-refractivity contribution is 5.35. The van der Waals surface area contributed by atoms with Gasteiger partial charge in [0.1, 0.15) is 23.9 Å². The van der Waals surface area contributed by atoms with E-state index < -0.39 is 0 Å². The van der Waals surface area contributed by atoms with E-state index >= 15 is 0 Å². The van der Waals surface area contributed by atoms with Crippen molar-refractivity contribution in [2.45, 2.75) is 33.0 Å². The molecule has 112 valence electrons. The van der Waals surface area contributed by atoms with Gasteiger partial charge in [0, 0.05) is 0 Å². The fourth-order valence-electron chi connectivity index (χ4n) is 1.95. The van der Waals surface area contributed by atoms with Crippen LogP contribution in [0.4, 0.5) is 0 Å². The number of hydrogen-bond donors (Lipinski definition) is 0. The Kier molecular flexibility index (Phi) is 5.64. The van der Waals surface area contributed by atoms with Crippen LogP contribution in [0.25, 0.3) is 0 Å². The normalized spacial score (nSPS) is 12.2. The first kappa shape index (κ1) is 15.4. The van der Waals surface area contributed by atoms with Gasteiger partial charge in [0.25, 0.3) is 0 Å². The largest absolute Gasteiger partial charge is 0.491 e. The lowest BCUT2D eigenvalue weighted by molar-refractivity contribution is -0.00627. The van der Waals surface area contributed by atoms with Gasteiger partial charge in [-0.05, 0) is 57.2 Å². The van der Waals surface area contributed by atoms with Gasteiger partial charge in [0.05, 0.1) is 12.2 Å². The smallest absolute Gasteiger partial charge is 0.127 e. The summed E-state index contributed by atoms with van der Waals surface area (Å²) in [5.74, 6) is 2.43. The van der Waals surface area contributed by atoms with Crippen molar-refractivity contribution in [1.82, 2.24) is 0 Å². The van der Waals surface area contributed by atoms with E-state index in [1.807, 2.05) is 75.4 Å². The predicted octanol–water partition coefficient (Wildman–Crippen LogP) is 4.67. The average molecular weight is 286 g/mol. The molecule has 1 atom stereocenters. The van der Waals surface area contributed by atoms with Crippen LogP contribution in [0, 0.1) is 0 Å². The SMILES string of the molecule is CC(C)OC(C)COc1ccc(Oc2ccccc2)cc1. The molecular formula is C18H22O3. The van der Waals surface area contributed by atoms with Crippen molar-refractivity contribution in [2.24, 2.45) is 0 Å². The number of benzene rings is 2. The molecule has 3 nitrogen and oxygen atoms in total. The third kappa shape index (κ3) is 5.48. The monoisotopic (exact) mass is 286 g/mol. The van der Waals surface area contributed by atoms with Crippen molar-refractivity contribution < 1.29 is 14.2 Å². The van der Waals surface area contributed by atoms with Crippen molar-refractivity contribution in [2.75, 3.05) is 6.61 Å². The van der Waals surface area contributed by atoms with E-state index in [-0.39, 0.29) is 12.2 Å². The van der Waals surface area contributed by atoms with E-state index in [0.29, 0.717) is 6.61 Å². The molecule has 0 amide bonds. The van der Waals surface area contributed by atoms with Gasteiger partial charge in [0.2, 0.25) is 0 Å². The van der Waals surface area contributed by atoms with Crippen LogP contribution in [-0.4, -0.2) is 18.8 Å². The summed E-state index contributed by atoms with van der Waals surface area (Å²) >= 11 is 0. The average Bonchev–Trinajstić information content (AvgIpc) is 2.47. The second kappa shape index (κ2) is 7.70. The Labute approximate surface area is 126 Å². The van der Waals surface area contributed by atoms with Gasteiger partial charge in [-0.2, -0.15) is 0 Å². The maximum atomic E-state index is 5.73. The van der Waals surface area contributed by atoms with Crippen LogP contribution in [0.15, 0.2) is 54.6 Å². The molecule has 0 saturated heterocycles. The Morgan fingerprint density at radius 1 is 0.762 bits per heavy atom. The van der Waals surface area contributed by atoms with Crippen molar-refractivity contribution in [3.8, 4) is 17.2 Å². The van der Waals surface area contributed by atoms with Gasteiger partial charge in [-0.3, -0.25) is 0 Å². The number of rotatable bonds is 7. The first-order chi connectivity index (χ1) is 10.1. The zero-order valence-electron chi connectivity index (χ0n) is 12.8. The van der Waals surface area contributed by atoms with E-state index in [4.69, 9.17) is 14.2 Å². The van der Waals surface area contributed by atoms with E-state index in [2.05, 4.69) is 0 Å². The Balaban J connectivity index is 1.84. The first-order valence-corrected chi connectivity index (χ1v) is 7.24. The Hall–Kier alpha value is -2.00. The summed E-state index contributed by atoms with van der Waals surface area (Å²) in [6.07, 6.45) is 0.287. The molecule has 0 bridgehead atoms. The molecule has 0 fully saturated rings. The molecule has 0 aliphatic rings. The molecule has 0 radical (unpaired) electrons. The fraction of sp³-hybridized carbons (Fsp3) is 0.333. The molecule has 2 aromatic carbocycles. The molecule has 1 unspecified atom stereocenters. The zero-order valence-corrected chi connectivity index (χ0v) is 12.8. The summed E-state index contributed by atoms with van der Waals surface area (Å²) < 4.78 is 17.0. The zero-order chi connectivity index (χ0) is 15.1. The van der Waals surface area contributed by atoms with E-state index in [0.717, 1.165) is 17.2 Å². The van der Waals surface area contributed by atoms with Crippen LogP contribution >= 0.6 is 0 Å². The molecule has 0 aliphatic carbocycles. The molecule has 0 N–H and O–H groups in total. The Bertz CT molecular complexity index is 520. The highest BCUT2D eigenvalue weighted by atomic mass is 16.5. The van der Waals surface area contributed by atoms with Crippen molar-refractivity contribution in [3.05, 3.63) is 54.6 Å². The van der Waals surface area contributed by atoms with Crippen LogP contribution in [0.5, 0.6) is 17.2 Å². The quantitative estimate of drug-likeness (QED) is 0.740. The molecule has 2 rings (SSSR count). The molecule has 0 aromatic heterocycles. The first-order valence-electron chi connectivity index (χ1n) is 7.24. The van der Waals surface area contributed by atoms with Gasteiger partial charge in [-0.1, -0.05) is 18.2 Å². The van der Waals surface area contributed by atoms with Gasteiger partial charge < -0.3 is 14.2 Å². The van der Waals surface area contributed by atoms with Crippen LogP contribution in [0.3, 0.4) is 0 Å². The van der Waals surface area contributed by atoms with Gasteiger partial charge in [-0.25, -0.2) is 0 Å². The second-order valence-electron chi connectivity index (χ2n) is 5.19. The third-order valence-corrected chi connectivity index (χ3v) is 2.79. The molecular weight excluding hydrogens is 264 g/mol. The maximum Gasteiger partial charge on any atom is 0.127 e. The van der Waals surface area contributed by atoms with Crippen molar-refractivity contribution in [3.63, 3.8) is 0 Å².